The van der Waals surface area contributed by atoms with E-state index in [-0.39, 0.29) is 16.4 Å². The molecule has 2 fully saturated rings. The molecule has 0 radical (unpaired) electrons. The van der Waals surface area contributed by atoms with Crippen molar-refractivity contribution >= 4 is 19.7 Å². The largest absolute Gasteiger partial charge is 0.379 e. The van der Waals surface area contributed by atoms with Crippen LogP contribution in [0.25, 0.3) is 0 Å². The first-order valence-electron chi connectivity index (χ1n) is 10.4. The lowest BCUT2D eigenvalue weighted by molar-refractivity contribution is 0.0382. The topological polar surface area (TPSA) is 92.8 Å². The molecule has 4 rings (SSSR count). The molecule has 9 heteroatoms. The van der Waals surface area contributed by atoms with Crippen LogP contribution in [0.4, 0.5) is 0 Å². The highest BCUT2D eigenvalue weighted by atomic mass is 32.2. The SMILES string of the molecule is O=S1(=O)C[C@H](NCCN2CCOCC2)[C@@H](S(=O)(=O)c2ccc3c(c2)CCCC3)C1. The van der Waals surface area contributed by atoms with Gasteiger partial charge in [0.2, 0.25) is 0 Å². The highest BCUT2D eigenvalue weighted by Crippen LogP contribution is 2.29. The van der Waals surface area contributed by atoms with Crippen molar-refractivity contribution in [2.75, 3.05) is 50.9 Å². The molecule has 0 spiro atoms. The molecule has 2 aliphatic heterocycles. The van der Waals surface area contributed by atoms with Gasteiger partial charge in [-0.05, 0) is 48.9 Å². The lowest BCUT2D eigenvalue weighted by atomic mass is 9.92. The zero-order chi connectivity index (χ0) is 20.5. The minimum absolute atomic E-state index is 0.120. The second-order valence-electron chi connectivity index (χ2n) is 8.31. The fraction of sp³-hybridized carbons (Fsp3) is 0.700. The summed E-state index contributed by atoms with van der Waals surface area (Å²) >= 11 is 0. The summed E-state index contributed by atoms with van der Waals surface area (Å²) in [5, 5.41) is 2.30. The molecule has 0 aromatic heterocycles. The zero-order valence-corrected chi connectivity index (χ0v) is 18.3. The smallest absolute Gasteiger partial charge is 0.183 e. The van der Waals surface area contributed by atoms with Crippen LogP contribution in [0.2, 0.25) is 0 Å². The number of benzene rings is 1. The predicted octanol–water partition coefficient (Wildman–Crippen LogP) is 0.427. The molecule has 1 aliphatic carbocycles. The maximum Gasteiger partial charge on any atom is 0.183 e. The van der Waals surface area contributed by atoms with Crippen molar-refractivity contribution in [3.05, 3.63) is 29.3 Å². The summed E-state index contributed by atoms with van der Waals surface area (Å²) in [6.07, 6.45) is 4.08. The number of nitrogens with one attached hydrogen (secondary N) is 1. The van der Waals surface area contributed by atoms with Gasteiger partial charge in [-0.25, -0.2) is 16.8 Å². The number of ether oxygens (including phenoxy) is 1. The van der Waals surface area contributed by atoms with Crippen molar-refractivity contribution in [1.29, 1.82) is 0 Å². The van der Waals surface area contributed by atoms with E-state index in [4.69, 9.17) is 4.74 Å². The van der Waals surface area contributed by atoms with Crippen molar-refractivity contribution in [2.45, 2.75) is 41.9 Å². The molecule has 0 amide bonds. The van der Waals surface area contributed by atoms with Crippen LogP contribution in [0, 0.1) is 0 Å². The van der Waals surface area contributed by atoms with E-state index < -0.39 is 31.0 Å². The Balaban J connectivity index is 1.49. The summed E-state index contributed by atoms with van der Waals surface area (Å²) in [5.74, 6) is -0.424. The maximum absolute atomic E-state index is 13.4. The van der Waals surface area contributed by atoms with Gasteiger partial charge in [0.25, 0.3) is 0 Å². The Labute approximate surface area is 173 Å². The third kappa shape index (κ3) is 4.85. The van der Waals surface area contributed by atoms with E-state index in [1.54, 1.807) is 12.1 Å². The normalized spacial score (nSPS) is 27.6. The van der Waals surface area contributed by atoms with E-state index in [0.29, 0.717) is 19.8 Å². The number of morpholine rings is 1. The van der Waals surface area contributed by atoms with Crippen molar-refractivity contribution in [3.8, 4) is 0 Å². The minimum atomic E-state index is -3.72. The van der Waals surface area contributed by atoms with Crippen LogP contribution in [0.5, 0.6) is 0 Å². The van der Waals surface area contributed by atoms with Gasteiger partial charge < -0.3 is 10.1 Å². The quantitative estimate of drug-likeness (QED) is 0.683. The average molecular weight is 443 g/mol. The summed E-state index contributed by atoms with van der Waals surface area (Å²) in [6.45, 7) is 4.42. The Bertz CT molecular complexity index is 940. The summed E-state index contributed by atoms with van der Waals surface area (Å²) < 4.78 is 56.6. The molecule has 2 saturated heterocycles. The first-order valence-corrected chi connectivity index (χ1v) is 13.8. The number of rotatable bonds is 6. The maximum atomic E-state index is 13.4. The number of hydrogen-bond acceptors (Lipinski definition) is 7. The second kappa shape index (κ2) is 8.63. The first kappa shape index (κ1) is 21.2. The Kier molecular flexibility index (Phi) is 6.32. The molecular formula is C20H30N2O5S2. The number of nitrogens with zero attached hydrogens (tertiary/aromatic N) is 1. The van der Waals surface area contributed by atoms with E-state index >= 15 is 0 Å². The first-order chi connectivity index (χ1) is 13.9. The number of fused-ring (bicyclic) bond motifs is 1. The van der Waals surface area contributed by atoms with E-state index in [2.05, 4.69) is 10.2 Å². The molecule has 162 valence electrons. The highest BCUT2D eigenvalue weighted by Gasteiger charge is 2.45. The molecule has 1 aromatic carbocycles. The van der Waals surface area contributed by atoms with Crippen LogP contribution in [-0.4, -0.2) is 83.9 Å². The fourth-order valence-electron chi connectivity index (χ4n) is 4.61. The third-order valence-corrected chi connectivity index (χ3v) is 10.4. The van der Waals surface area contributed by atoms with Crippen LogP contribution >= 0.6 is 0 Å². The van der Waals surface area contributed by atoms with Crippen molar-refractivity contribution in [3.63, 3.8) is 0 Å². The van der Waals surface area contributed by atoms with Crippen LogP contribution in [-0.2, 0) is 37.3 Å². The lowest BCUT2D eigenvalue weighted by Crippen LogP contribution is -2.47. The van der Waals surface area contributed by atoms with Crippen molar-refractivity contribution < 1.29 is 21.6 Å². The average Bonchev–Trinajstić information content (AvgIpc) is 3.03. The third-order valence-electron chi connectivity index (χ3n) is 6.29. The summed E-state index contributed by atoms with van der Waals surface area (Å²) in [4.78, 5) is 2.51. The fourth-order valence-corrected chi connectivity index (χ4v) is 9.37. The Morgan fingerprint density at radius 3 is 2.55 bits per heavy atom. The summed E-state index contributed by atoms with van der Waals surface area (Å²) in [7, 11) is -7.11. The van der Waals surface area contributed by atoms with E-state index in [0.717, 1.165) is 50.9 Å². The zero-order valence-electron chi connectivity index (χ0n) is 16.7. The Morgan fingerprint density at radius 2 is 1.79 bits per heavy atom. The van der Waals surface area contributed by atoms with Gasteiger partial charge in [0, 0.05) is 32.2 Å². The molecule has 2 heterocycles. The van der Waals surface area contributed by atoms with Crippen molar-refractivity contribution in [2.24, 2.45) is 0 Å². The Hall–Kier alpha value is -1.00. The van der Waals surface area contributed by atoms with E-state index in [1.807, 2.05) is 6.07 Å². The molecule has 1 N–H and O–H groups in total. The number of hydrogen-bond donors (Lipinski definition) is 1. The van der Waals surface area contributed by atoms with Crippen LogP contribution < -0.4 is 5.32 Å². The molecule has 0 saturated carbocycles. The molecule has 0 unspecified atom stereocenters. The predicted molar refractivity (Wildman–Crippen MR) is 112 cm³/mol. The van der Waals surface area contributed by atoms with Crippen molar-refractivity contribution in [1.82, 2.24) is 10.2 Å². The molecular weight excluding hydrogens is 412 g/mol. The Morgan fingerprint density at radius 1 is 1.07 bits per heavy atom. The number of aryl methyl sites for hydroxylation is 2. The molecule has 2 atom stereocenters. The molecule has 7 nitrogen and oxygen atoms in total. The van der Waals surface area contributed by atoms with E-state index in [9.17, 15) is 16.8 Å². The summed E-state index contributed by atoms with van der Waals surface area (Å²) in [6, 6.07) is 4.78. The van der Waals surface area contributed by atoms with Gasteiger partial charge in [-0.2, -0.15) is 0 Å². The molecule has 3 aliphatic rings. The monoisotopic (exact) mass is 442 g/mol. The standard InChI is InChI=1S/C20H30N2O5S2/c23-28(24)14-19(21-7-8-22-9-11-27-12-10-22)20(15-28)29(25,26)18-6-5-16-3-1-2-4-17(16)13-18/h5-6,13,19-21H,1-4,7-12,14-15H2/t19-,20-/m0/s1. The van der Waals surface area contributed by atoms with Gasteiger partial charge in [0.15, 0.2) is 19.7 Å². The minimum Gasteiger partial charge on any atom is -0.379 e. The van der Waals surface area contributed by atoms with Gasteiger partial charge in [-0.1, -0.05) is 6.07 Å². The van der Waals surface area contributed by atoms with Gasteiger partial charge >= 0.3 is 0 Å². The van der Waals surface area contributed by atoms with Crippen LogP contribution in [0.15, 0.2) is 23.1 Å². The second-order valence-corrected chi connectivity index (χ2v) is 12.6. The van der Waals surface area contributed by atoms with Gasteiger partial charge in [0.05, 0.1) is 34.9 Å². The van der Waals surface area contributed by atoms with Crippen LogP contribution in [0.1, 0.15) is 24.0 Å². The molecule has 0 bridgehead atoms. The molecule has 1 aromatic rings. The highest BCUT2D eigenvalue weighted by molar-refractivity contribution is 7.96. The summed E-state index contributed by atoms with van der Waals surface area (Å²) in [5.41, 5.74) is 2.31. The number of sulfone groups is 2. The molecule has 29 heavy (non-hydrogen) atoms. The van der Waals surface area contributed by atoms with Gasteiger partial charge in [-0.15, -0.1) is 0 Å². The van der Waals surface area contributed by atoms with Gasteiger partial charge in [0.1, 0.15) is 0 Å². The van der Waals surface area contributed by atoms with Gasteiger partial charge in [-0.3, -0.25) is 4.90 Å². The lowest BCUT2D eigenvalue weighted by Gasteiger charge is -2.28. The van der Waals surface area contributed by atoms with Crippen LogP contribution in [0.3, 0.4) is 0 Å². The van der Waals surface area contributed by atoms with E-state index in [1.165, 1.54) is 5.56 Å².